The van der Waals surface area contributed by atoms with Crippen molar-refractivity contribution in [1.29, 1.82) is 0 Å². The maximum absolute atomic E-state index is 12.6. The predicted molar refractivity (Wildman–Crippen MR) is 87.9 cm³/mol. The van der Waals surface area contributed by atoms with Crippen LogP contribution in [0.1, 0.15) is 30.6 Å². The van der Waals surface area contributed by atoms with Gasteiger partial charge in [0, 0.05) is 55.8 Å². The van der Waals surface area contributed by atoms with Crippen LogP contribution in [0.15, 0.2) is 30.5 Å². The van der Waals surface area contributed by atoms with Crippen molar-refractivity contribution in [3.8, 4) is 0 Å². The van der Waals surface area contributed by atoms with E-state index in [1.165, 1.54) is 0 Å². The molecule has 2 rings (SSSR count). The predicted octanol–water partition coefficient (Wildman–Crippen LogP) is 2.26. The fourth-order valence-corrected chi connectivity index (χ4v) is 2.52. The van der Waals surface area contributed by atoms with Gasteiger partial charge in [0.15, 0.2) is 0 Å². The van der Waals surface area contributed by atoms with Crippen molar-refractivity contribution in [1.82, 2.24) is 14.8 Å². The number of amides is 2. The van der Waals surface area contributed by atoms with E-state index in [2.05, 4.69) is 16.8 Å². The molecular weight excluding hydrogens is 278 g/mol. The average Bonchev–Trinajstić information content (AvgIpc) is 2.95. The SMILES string of the molecule is CCn1ccc2cc(C(=O)N(C)[C@@H](C)CC(=O)NC)ccc21. The normalized spacial score (nSPS) is 12.2. The number of benzene rings is 1. The number of carbonyl (C=O) groups is 2. The number of carbonyl (C=O) groups excluding carboxylic acids is 2. The van der Waals surface area contributed by atoms with Gasteiger partial charge >= 0.3 is 0 Å². The van der Waals surface area contributed by atoms with Crippen LogP contribution in [0.3, 0.4) is 0 Å². The van der Waals surface area contributed by atoms with Crippen LogP contribution >= 0.6 is 0 Å². The lowest BCUT2D eigenvalue weighted by atomic mass is 10.1. The quantitative estimate of drug-likeness (QED) is 0.921. The number of hydrogen-bond acceptors (Lipinski definition) is 2. The first-order valence-electron chi connectivity index (χ1n) is 7.54. The molecule has 22 heavy (non-hydrogen) atoms. The highest BCUT2D eigenvalue weighted by atomic mass is 16.2. The fourth-order valence-electron chi connectivity index (χ4n) is 2.52. The van der Waals surface area contributed by atoms with Crippen LogP contribution < -0.4 is 5.32 Å². The molecule has 118 valence electrons. The summed E-state index contributed by atoms with van der Waals surface area (Å²) in [5.41, 5.74) is 1.77. The van der Waals surface area contributed by atoms with Crippen LogP contribution in [-0.4, -0.2) is 41.4 Å². The molecule has 0 fully saturated rings. The molecule has 0 spiro atoms. The summed E-state index contributed by atoms with van der Waals surface area (Å²) in [5, 5.41) is 3.64. The molecular formula is C17H23N3O2. The van der Waals surface area contributed by atoms with Crippen molar-refractivity contribution < 1.29 is 9.59 Å². The van der Waals surface area contributed by atoms with E-state index in [1.807, 2.05) is 37.4 Å². The Morgan fingerprint density at radius 1 is 1.32 bits per heavy atom. The summed E-state index contributed by atoms with van der Waals surface area (Å²) in [5.74, 6) is -0.134. The topological polar surface area (TPSA) is 54.3 Å². The van der Waals surface area contributed by atoms with E-state index in [0.717, 1.165) is 17.4 Å². The lowest BCUT2D eigenvalue weighted by Gasteiger charge is -2.24. The molecule has 1 aromatic heterocycles. The van der Waals surface area contributed by atoms with Gasteiger partial charge in [0.1, 0.15) is 0 Å². The molecule has 2 amide bonds. The second kappa shape index (κ2) is 6.64. The van der Waals surface area contributed by atoms with Gasteiger partial charge in [-0.05, 0) is 38.1 Å². The van der Waals surface area contributed by atoms with Gasteiger partial charge in [0.2, 0.25) is 5.91 Å². The number of aromatic nitrogens is 1. The van der Waals surface area contributed by atoms with Crippen LogP contribution in [0.2, 0.25) is 0 Å². The minimum atomic E-state index is -0.150. The van der Waals surface area contributed by atoms with Crippen LogP contribution in [-0.2, 0) is 11.3 Å². The van der Waals surface area contributed by atoms with E-state index in [-0.39, 0.29) is 17.9 Å². The van der Waals surface area contributed by atoms with E-state index in [0.29, 0.717) is 12.0 Å². The molecule has 1 heterocycles. The molecule has 0 saturated heterocycles. The van der Waals surface area contributed by atoms with E-state index in [4.69, 9.17) is 0 Å². The number of fused-ring (bicyclic) bond motifs is 1. The minimum Gasteiger partial charge on any atom is -0.359 e. The third kappa shape index (κ3) is 3.13. The molecule has 5 nitrogen and oxygen atoms in total. The van der Waals surface area contributed by atoms with Crippen LogP contribution in [0.4, 0.5) is 0 Å². The summed E-state index contributed by atoms with van der Waals surface area (Å²) in [7, 11) is 3.33. The molecule has 0 aliphatic heterocycles. The lowest BCUT2D eigenvalue weighted by Crippen LogP contribution is -2.38. The zero-order valence-electron chi connectivity index (χ0n) is 13.6. The molecule has 1 aromatic carbocycles. The standard InChI is InChI=1S/C17H23N3O2/c1-5-20-9-8-13-11-14(6-7-15(13)20)17(22)19(4)12(2)10-16(21)18-3/h6-9,11-12H,5,10H2,1-4H3,(H,18,21)/t12-/m0/s1. The second-order valence-electron chi connectivity index (χ2n) is 5.52. The Bertz CT molecular complexity index is 690. The molecule has 2 aromatic rings. The van der Waals surface area contributed by atoms with Crippen LogP contribution in [0.5, 0.6) is 0 Å². The molecule has 0 radical (unpaired) electrons. The second-order valence-corrected chi connectivity index (χ2v) is 5.52. The molecule has 1 atom stereocenters. The molecule has 0 aliphatic carbocycles. The average molecular weight is 301 g/mol. The molecule has 0 aliphatic rings. The van der Waals surface area contributed by atoms with Crippen molar-refractivity contribution in [2.45, 2.75) is 32.9 Å². The van der Waals surface area contributed by atoms with Crippen molar-refractivity contribution >= 4 is 22.7 Å². The van der Waals surface area contributed by atoms with Crippen molar-refractivity contribution in [3.05, 3.63) is 36.0 Å². The largest absolute Gasteiger partial charge is 0.359 e. The Morgan fingerprint density at radius 2 is 2.05 bits per heavy atom. The van der Waals surface area contributed by atoms with Gasteiger partial charge in [-0.15, -0.1) is 0 Å². The molecule has 0 bridgehead atoms. The van der Waals surface area contributed by atoms with Gasteiger partial charge in [0.05, 0.1) is 0 Å². The number of hydrogen-bond donors (Lipinski definition) is 1. The highest BCUT2D eigenvalue weighted by molar-refractivity contribution is 5.98. The first-order chi connectivity index (χ1) is 10.5. The molecule has 0 saturated carbocycles. The number of nitrogens with one attached hydrogen (secondary N) is 1. The Morgan fingerprint density at radius 3 is 2.68 bits per heavy atom. The van der Waals surface area contributed by atoms with Gasteiger partial charge in [-0.3, -0.25) is 9.59 Å². The third-order valence-corrected chi connectivity index (χ3v) is 4.10. The summed E-state index contributed by atoms with van der Waals surface area (Å²) in [6, 6.07) is 7.60. The van der Waals surface area contributed by atoms with Crippen molar-refractivity contribution in [2.75, 3.05) is 14.1 Å². The van der Waals surface area contributed by atoms with Gasteiger partial charge in [-0.1, -0.05) is 0 Å². The summed E-state index contributed by atoms with van der Waals surface area (Å²) in [4.78, 5) is 25.6. The Hall–Kier alpha value is -2.30. The Kier molecular flexibility index (Phi) is 4.85. The summed E-state index contributed by atoms with van der Waals surface area (Å²) >= 11 is 0. The smallest absolute Gasteiger partial charge is 0.253 e. The zero-order chi connectivity index (χ0) is 16.3. The summed E-state index contributed by atoms with van der Waals surface area (Å²) in [6.45, 7) is 4.87. The van der Waals surface area contributed by atoms with Crippen molar-refractivity contribution in [2.24, 2.45) is 0 Å². The van der Waals surface area contributed by atoms with E-state index >= 15 is 0 Å². The maximum Gasteiger partial charge on any atom is 0.253 e. The summed E-state index contributed by atoms with van der Waals surface area (Å²) < 4.78 is 2.14. The molecule has 1 N–H and O–H groups in total. The van der Waals surface area contributed by atoms with Gasteiger partial charge in [-0.2, -0.15) is 0 Å². The van der Waals surface area contributed by atoms with E-state index in [9.17, 15) is 9.59 Å². The Labute approximate surface area is 130 Å². The Balaban J connectivity index is 2.19. The maximum atomic E-state index is 12.6. The number of nitrogens with zero attached hydrogens (tertiary/aromatic N) is 2. The number of aryl methyl sites for hydroxylation is 1. The van der Waals surface area contributed by atoms with E-state index < -0.39 is 0 Å². The zero-order valence-corrected chi connectivity index (χ0v) is 13.6. The van der Waals surface area contributed by atoms with E-state index in [1.54, 1.807) is 19.0 Å². The summed E-state index contributed by atoms with van der Waals surface area (Å²) in [6.07, 6.45) is 2.32. The van der Waals surface area contributed by atoms with Gasteiger partial charge < -0.3 is 14.8 Å². The van der Waals surface area contributed by atoms with Gasteiger partial charge in [0.25, 0.3) is 5.91 Å². The monoisotopic (exact) mass is 301 g/mol. The fraction of sp³-hybridized carbons (Fsp3) is 0.412. The first-order valence-corrected chi connectivity index (χ1v) is 7.54. The third-order valence-electron chi connectivity index (χ3n) is 4.10. The van der Waals surface area contributed by atoms with Crippen molar-refractivity contribution in [3.63, 3.8) is 0 Å². The number of rotatable bonds is 5. The van der Waals surface area contributed by atoms with Crippen LogP contribution in [0.25, 0.3) is 10.9 Å². The van der Waals surface area contributed by atoms with Gasteiger partial charge in [-0.25, -0.2) is 0 Å². The molecule has 5 heteroatoms. The highest BCUT2D eigenvalue weighted by Gasteiger charge is 2.20. The highest BCUT2D eigenvalue weighted by Crippen LogP contribution is 2.19. The minimum absolute atomic E-state index is 0.0670. The molecule has 0 unspecified atom stereocenters. The lowest BCUT2D eigenvalue weighted by molar-refractivity contribution is -0.121. The first kappa shape index (κ1) is 16.1. The van der Waals surface area contributed by atoms with Crippen LogP contribution in [0, 0.1) is 0 Å².